The van der Waals surface area contributed by atoms with E-state index >= 15 is 0 Å². The van der Waals surface area contributed by atoms with Gasteiger partial charge in [0.25, 0.3) is 0 Å². The van der Waals surface area contributed by atoms with Crippen LogP contribution in [0.4, 0.5) is 0 Å². The largest absolute Gasteiger partial charge is 0.332 e. The molecule has 0 spiro atoms. The van der Waals surface area contributed by atoms with Crippen molar-refractivity contribution >= 4 is 5.91 Å². The summed E-state index contributed by atoms with van der Waals surface area (Å²) < 4.78 is 0. The molecule has 0 aromatic heterocycles. The summed E-state index contributed by atoms with van der Waals surface area (Å²) in [4.78, 5) is 13.7. The van der Waals surface area contributed by atoms with Crippen LogP contribution in [0.5, 0.6) is 0 Å². The molecule has 0 N–H and O–H groups in total. The molecule has 13 heavy (non-hydrogen) atoms. The van der Waals surface area contributed by atoms with Gasteiger partial charge in [-0.3, -0.25) is 4.79 Å². The van der Waals surface area contributed by atoms with Crippen LogP contribution in [-0.2, 0) is 4.79 Å². The lowest BCUT2D eigenvalue weighted by atomic mass is 10.0. The van der Waals surface area contributed by atoms with Gasteiger partial charge in [0.15, 0.2) is 0 Å². The van der Waals surface area contributed by atoms with Crippen molar-refractivity contribution in [2.75, 3.05) is 6.54 Å². The summed E-state index contributed by atoms with van der Waals surface area (Å²) in [6.07, 6.45) is 0. The fourth-order valence-electron chi connectivity index (χ4n) is 1.76. The highest BCUT2D eigenvalue weighted by atomic mass is 16.2. The van der Waals surface area contributed by atoms with Gasteiger partial charge >= 0.3 is 0 Å². The molecular formula is C11H19NO. The normalized spacial score (nSPS) is 18.4. The van der Waals surface area contributed by atoms with E-state index in [2.05, 4.69) is 27.7 Å². The lowest BCUT2D eigenvalue weighted by molar-refractivity contribution is -0.126. The molecule has 0 aliphatic carbocycles. The van der Waals surface area contributed by atoms with Crippen molar-refractivity contribution in [2.45, 2.75) is 40.7 Å². The Bertz CT molecular complexity index is 251. The van der Waals surface area contributed by atoms with Gasteiger partial charge < -0.3 is 4.90 Å². The summed E-state index contributed by atoms with van der Waals surface area (Å²) in [5, 5.41) is 0. The van der Waals surface area contributed by atoms with E-state index in [-0.39, 0.29) is 5.91 Å². The van der Waals surface area contributed by atoms with Crippen molar-refractivity contribution in [3.63, 3.8) is 0 Å². The van der Waals surface area contributed by atoms with Crippen LogP contribution in [0.1, 0.15) is 34.6 Å². The van der Waals surface area contributed by atoms with Crippen molar-refractivity contribution in [2.24, 2.45) is 5.92 Å². The molecule has 1 aliphatic heterocycles. The lowest BCUT2D eigenvalue weighted by Crippen LogP contribution is -2.33. The van der Waals surface area contributed by atoms with E-state index in [9.17, 15) is 4.79 Å². The smallest absolute Gasteiger partial charge is 0.250 e. The van der Waals surface area contributed by atoms with Gasteiger partial charge in [-0.2, -0.15) is 0 Å². The molecule has 1 amide bonds. The Kier molecular flexibility index (Phi) is 2.79. The highest BCUT2D eigenvalue weighted by Gasteiger charge is 2.29. The van der Waals surface area contributed by atoms with Crippen LogP contribution in [0.15, 0.2) is 11.1 Å². The summed E-state index contributed by atoms with van der Waals surface area (Å²) in [7, 11) is 0. The van der Waals surface area contributed by atoms with Crippen LogP contribution in [0.2, 0.25) is 0 Å². The van der Waals surface area contributed by atoms with Crippen molar-refractivity contribution in [3.8, 4) is 0 Å². The first-order chi connectivity index (χ1) is 5.95. The molecule has 0 saturated carbocycles. The lowest BCUT2D eigenvalue weighted by Gasteiger charge is -2.21. The third-order valence-electron chi connectivity index (χ3n) is 2.72. The zero-order valence-electron chi connectivity index (χ0n) is 9.22. The number of nitrogens with zero attached hydrogens (tertiary/aromatic N) is 1. The van der Waals surface area contributed by atoms with E-state index in [1.807, 2.05) is 11.8 Å². The minimum Gasteiger partial charge on any atom is -0.332 e. The van der Waals surface area contributed by atoms with Crippen LogP contribution in [0.3, 0.4) is 0 Å². The molecule has 0 aromatic rings. The van der Waals surface area contributed by atoms with Gasteiger partial charge in [-0.1, -0.05) is 13.8 Å². The van der Waals surface area contributed by atoms with Gasteiger partial charge in [-0.25, -0.2) is 0 Å². The van der Waals surface area contributed by atoms with Crippen molar-refractivity contribution in [1.29, 1.82) is 0 Å². The third kappa shape index (κ3) is 1.77. The van der Waals surface area contributed by atoms with E-state index in [1.165, 1.54) is 5.57 Å². The number of carbonyl (C=O) groups excluding carboxylic acids is 1. The first-order valence-electron chi connectivity index (χ1n) is 4.95. The topological polar surface area (TPSA) is 20.3 Å². The molecule has 0 aromatic carbocycles. The third-order valence-corrected chi connectivity index (χ3v) is 2.72. The minimum atomic E-state index is 0.221. The zero-order valence-corrected chi connectivity index (χ0v) is 9.22. The molecule has 2 nitrogen and oxygen atoms in total. The highest BCUT2D eigenvalue weighted by molar-refractivity contribution is 5.96. The minimum absolute atomic E-state index is 0.221. The SMILES string of the molecule is CC1=C(C(C)C)CN(C(C)C)C1=O. The fraction of sp³-hybridized carbons (Fsp3) is 0.727. The number of carbonyl (C=O) groups is 1. The molecule has 0 bridgehead atoms. The zero-order chi connectivity index (χ0) is 10.2. The standard InChI is InChI=1S/C11H19NO/c1-7(2)10-6-12(8(3)4)11(13)9(10)5/h7-8H,6H2,1-5H3. The van der Waals surface area contributed by atoms with Crippen LogP contribution >= 0.6 is 0 Å². The maximum Gasteiger partial charge on any atom is 0.250 e. The maximum absolute atomic E-state index is 11.7. The fourth-order valence-corrected chi connectivity index (χ4v) is 1.76. The monoisotopic (exact) mass is 181 g/mol. The Labute approximate surface area is 80.6 Å². The summed E-state index contributed by atoms with van der Waals surface area (Å²) >= 11 is 0. The first kappa shape index (κ1) is 10.3. The molecule has 1 rings (SSSR count). The van der Waals surface area contributed by atoms with Gasteiger partial charge in [0.2, 0.25) is 5.91 Å². The molecule has 0 radical (unpaired) electrons. The molecule has 1 aliphatic rings. The second kappa shape index (κ2) is 3.52. The van der Waals surface area contributed by atoms with Gasteiger partial charge in [0, 0.05) is 18.2 Å². The van der Waals surface area contributed by atoms with E-state index in [0.717, 1.165) is 12.1 Å². The van der Waals surface area contributed by atoms with E-state index < -0.39 is 0 Å². The Hall–Kier alpha value is -0.790. The molecule has 0 saturated heterocycles. The number of amides is 1. The quantitative estimate of drug-likeness (QED) is 0.639. The Balaban J connectivity index is 2.86. The van der Waals surface area contributed by atoms with Crippen molar-refractivity contribution in [1.82, 2.24) is 4.90 Å². The van der Waals surface area contributed by atoms with Crippen LogP contribution in [-0.4, -0.2) is 23.4 Å². The van der Waals surface area contributed by atoms with E-state index in [1.54, 1.807) is 0 Å². The van der Waals surface area contributed by atoms with Crippen molar-refractivity contribution in [3.05, 3.63) is 11.1 Å². The molecular weight excluding hydrogens is 162 g/mol. The van der Waals surface area contributed by atoms with Gasteiger partial charge in [0.1, 0.15) is 0 Å². The predicted molar refractivity (Wildman–Crippen MR) is 54.4 cm³/mol. The molecule has 0 fully saturated rings. The van der Waals surface area contributed by atoms with E-state index in [0.29, 0.717) is 12.0 Å². The average Bonchev–Trinajstić information content (AvgIpc) is 2.29. The first-order valence-corrected chi connectivity index (χ1v) is 4.95. The van der Waals surface area contributed by atoms with E-state index in [4.69, 9.17) is 0 Å². The summed E-state index contributed by atoms with van der Waals surface area (Å²) in [5.41, 5.74) is 2.27. The summed E-state index contributed by atoms with van der Waals surface area (Å²) in [5.74, 6) is 0.714. The molecule has 2 heteroatoms. The van der Waals surface area contributed by atoms with Crippen LogP contribution in [0, 0.1) is 5.92 Å². The molecule has 1 heterocycles. The number of rotatable bonds is 2. The summed E-state index contributed by atoms with van der Waals surface area (Å²) in [6, 6.07) is 0.318. The Morgan fingerprint density at radius 1 is 1.23 bits per heavy atom. The number of hydrogen-bond acceptors (Lipinski definition) is 1. The van der Waals surface area contributed by atoms with Crippen LogP contribution < -0.4 is 0 Å². The van der Waals surface area contributed by atoms with Crippen LogP contribution in [0.25, 0.3) is 0 Å². The van der Waals surface area contributed by atoms with Gasteiger partial charge in [-0.15, -0.1) is 0 Å². The Morgan fingerprint density at radius 3 is 2.00 bits per heavy atom. The second-order valence-corrected chi connectivity index (χ2v) is 4.33. The Morgan fingerprint density at radius 2 is 1.77 bits per heavy atom. The highest BCUT2D eigenvalue weighted by Crippen LogP contribution is 2.25. The predicted octanol–water partition coefficient (Wildman–Crippen LogP) is 2.21. The molecule has 0 atom stereocenters. The average molecular weight is 181 g/mol. The van der Waals surface area contributed by atoms with Crippen molar-refractivity contribution < 1.29 is 4.79 Å². The number of hydrogen-bond donors (Lipinski definition) is 0. The summed E-state index contributed by atoms with van der Waals surface area (Å²) in [6.45, 7) is 11.2. The van der Waals surface area contributed by atoms with Gasteiger partial charge in [-0.05, 0) is 32.3 Å². The second-order valence-electron chi connectivity index (χ2n) is 4.33. The molecule has 0 unspecified atom stereocenters. The maximum atomic E-state index is 11.7. The van der Waals surface area contributed by atoms with Gasteiger partial charge in [0.05, 0.1) is 0 Å². The molecule has 74 valence electrons.